The highest BCUT2D eigenvalue weighted by molar-refractivity contribution is 5.89. The van der Waals surface area contributed by atoms with E-state index in [1.54, 1.807) is 6.20 Å². The zero-order chi connectivity index (χ0) is 10.8. The monoisotopic (exact) mass is 212 g/mol. The van der Waals surface area contributed by atoms with Gasteiger partial charge in [0.1, 0.15) is 0 Å². The van der Waals surface area contributed by atoms with Gasteiger partial charge in [-0.1, -0.05) is 0 Å². The maximum Gasteiger partial charge on any atom is 0.0911 e. The Labute approximate surface area is 93.4 Å². The Morgan fingerprint density at radius 3 is 2.94 bits per heavy atom. The molecule has 3 rings (SSSR count). The maximum absolute atomic E-state index is 4.16. The second-order valence-corrected chi connectivity index (χ2v) is 3.72. The van der Waals surface area contributed by atoms with Crippen molar-refractivity contribution in [2.45, 2.75) is 6.42 Å². The first-order valence-corrected chi connectivity index (χ1v) is 5.34. The van der Waals surface area contributed by atoms with Gasteiger partial charge in [-0.05, 0) is 30.7 Å². The molecular formula is C12H12N4. The van der Waals surface area contributed by atoms with Crippen LogP contribution >= 0.6 is 0 Å². The normalized spacial score (nSPS) is 15.2. The molecular weight excluding hydrogens is 200 g/mol. The zero-order valence-electron chi connectivity index (χ0n) is 8.77. The predicted octanol–water partition coefficient (Wildman–Crippen LogP) is 1.67. The number of aromatic nitrogens is 3. The molecule has 0 amide bonds. The van der Waals surface area contributed by atoms with Crippen LogP contribution in [0.5, 0.6) is 0 Å². The van der Waals surface area contributed by atoms with Crippen molar-refractivity contribution in [1.29, 1.82) is 0 Å². The largest absolute Gasteiger partial charge is 0.383 e. The first-order valence-electron chi connectivity index (χ1n) is 5.34. The summed E-state index contributed by atoms with van der Waals surface area (Å²) in [5, 5.41) is 11.5. The molecule has 4 heteroatoms. The Hall–Kier alpha value is -2.10. The third-order valence-electron chi connectivity index (χ3n) is 2.73. The van der Waals surface area contributed by atoms with Crippen LogP contribution in [0.15, 0.2) is 36.7 Å². The van der Waals surface area contributed by atoms with Gasteiger partial charge in [0.25, 0.3) is 0 Å². The van der Waals surface area contributed by atoms with Crippen LogP contribution in [-0.4, -0.2) is 21.7 Å². The molecule has 0 saturated heterocycles. The van der Waals surface area contributed by atoms with Crippen LogP contribution in [-0.2, 0) is 0 Å². The van der Waals surface area contributed by atoms with Gasteiger partial charge in [0.2, 0.25) is 0 Å². The highest BCUT2D eigenvalue weighted by Gasteiger charge is 2.18. The van der Waals surface area contributed by atoms with E-state index in [2.05, 4.69) is 26.6 Å². The third-order valence-corrected chi connectivity index (χ3v) is 2.73. The zero-order valence-corrected chi connectivity index (χ0v) is 8.77. The van der Waals surface area contributed by atoms with Gasteiger partial charge >= 0.3 is 0 Å². The molecule has 1 aliphatic rings. The molecule has 0 fully saturated rings. The van der Waals surface area contributed by atoms with Crippen molar-refractivity contribution in [1.82, 2.24) is 20.5 Å². The van der Waals surface area contributed by atoms with Gasteiger partial charge in [0, 0.05) is 24.5 Å². The molecule has 2 aromatic heterocycles. The molecule has 0 spiro atoms. The quantitative estimate of drug-likeness (QED) is 0.796. The highest BCUT2D eigenvalue weighted by atomic mass is 15.1. The Morgan fingerprint density at radius 2 is 2.19 bits per heavy atom. The molecule has 2 aromatic rings. The van der Waals surface area contributed by atoms with E-state index in [9.17, 15) is 0 Å². The van der Waals surface area contributed by atoms with Crippen molar-refractivity contribution in [2.24, 2.45) is 0 Å². The van der Waals surface area contributed by atoms with Crippen LogP contribution in [0.3, 0.4) is 0 Å². The molecule has 0 bridgehead atoms. The van der Waals surface area contributed by atoms with Gasteiger partial charge in [0.05, 0.1) is 17.1 Å². The van der Waals surface area contributed by atoms with Crippen molar-refractivity contribution in [3.05, 3.63) is 48.0 Å². The average molecular weight is 212 g/mol. The predicted molar refractivity (Wildman–Crippen MR) is 62.3 cm³/mol. The fraction of sp³-hybridized carbons (Fsp3) is 0.167. The van der Waals surface area contributed by atoms with E-state index in [-0.39, 0.29) is 0 Å². The van der Waals surface area contributed by atoms with Crippen LogP contribution in [0, 0.1) is 0 Å². The summed E-state index contributed by atoms with van der Waals surface area (Å²) in [6, 6.07) is 7.97. The van der Waals surface area contributed by atoms with Crippen LogP contribution in [0.2, 0.25) is 0 Å². The second kappa shape index (κ2) is 3.81. The van der Waals surface area contributed by atoms with Crippen molar-refractivity contribution in [3.63, 3.8) is 0 Å². The summed E-state index contributed by atoms with van der Waals surface area (Å²) in [5.41, 5.74) is 4.44. The van der Waals surface area contributed by atoms with Crippen molar-refractivity contribution >= 4 is 11.3 Å². The molecule has 1 aliphatic heterocycles. The Bertz CT molecular complexity index is 499. The van der Waals surface area contributed by atoms with Crippen molar-refractivity contribution < 1.29 is 0 Å². The summed E-state index contributed by atoms with van der Waals surface area (Å²) >= 11 is 0. The summed E-state index contributed by atoms with van der Waals surface area (Å²) < 4.78 is 0. The number of nitrogens with one attached hydrogen (secondary N) is 2. The van der Waals surface area contributed by atoms with E-state index in [4.69, 9.17) is 0 Å². The smallest absolute Gasteiger partial charge is 0.0911 e. The number of rotatable bonds is 2. The maximum atomic E-state index is 4.16. The SMILES string of the molecule is c1cnnc(C2=C(c3ccc[nH]3)NCC2)c1. The molecule has 0 unspecified atom stereocenters. The summed E-state index contributed by atoms with van der Waals surface area (Å²) in [6.07, 6.45) is 4.62. The highest BCUT2D eigenvalue weighted by Crippen LogP contribution is 2.28. The van der Waals surface area contributed by atoms with Crippen LogP contribution in [0.4, 0.5) is 0 Å². The molecule has 3 heterocycles. The first kappa shape index (κ1) is 9.15. The average Bonchev–Trinajstić information content (AvgIpc) is 3.01. The molecule has 0 radical (unpaired) electrons. The topological polar surface area (TPSA) is 53.6 Å². The van der Waals surface area contributed by atoms with Gasteiger partial charge in [-0.25, -0.2) is 0 Å². The Kier molecular flexibility index (Phi) is 2.18. The number of hydrogen-bond donors (Lipinski definition) is 2. The van der Waals surface area contributed by atoms with Gasteiger partial charge in [-0.15, -0.1) is 0 Å². The fourth-order valence-electron chi connectivity index (χ4n) is 2.01. The lowest BCUT2D eigenvalue weighted by atomic mass is 10.1. The minimum Gasteiger partial charge on any atom is -0.383 e. The Morgan fingerprint density at radius 1 is 1.19 bits per heavy atom. The van der Waals surface area contributed by atoms with E-state index in [1.807, 2.05) is 24.4 Å². The summed E-state index contributed by atoms with van der Waals surface area (Å²) in [7, 11) is 0. The number of H-pyrrole nitrogens is 1. The van der Waals surface area contributed by atoms with Gasteiger partial charge in [-0.2, -0.15) is 10.2 Å². The van der Waals surface area contributed by atoms with Crippen LogP contribution in [0.1, 0.15) is 17.8 Å². The number of hydrogen-bond acceptors (Lipinski definition) is 3. The minimum atomic E-state index is 0.956. The standard InChI is InChI=1S/C12H12N4/c1-4-11(13-6-1)12-9(5-8-14-12)10-3-2-7-15-16-10/h1-4,6-7,13-14H,5,8H2. The summed E-state index contributed by atoms with van der Waals surface area (Å²) in [6.45, 7) is 0.959. The third kappa shape index (κ3) is 1.48. The second-order valence-electron chi connectivity index (χ2n) is 3.72. The van der Waals surface area contributed by atoms with Crippen molar-refractivity contribution in [3.8, 4) is 0 Å². The van der Waals surface area contributed by atoms with Gasteiger partial charge in [0.15, 0.2) is 0 Å². The summed E-state index contributed by atoms with van der Waals surface area (Å²) in [5.74, 6) is 0. The Balaban J connectivity index is 2.08. The van der Waals surface area contributed by atoms with E-state index in [0.717, 1.165) is 30.1 Å². The molecule has 16 heavy (non-hydrogen) atoms. The van der Waals surface area contributed by atoms with Gasteiger partial charge in [-0.3, -0.25) is 0 Å². The number of aromatic amines is 1. The first-order chi connectivity index (χ1) is 7.95. The van der Waals surface area contributed by atoms with E-state index >= 15 is 0 Å². The molecule has 0 aromatic carbocycles. The fourth-order valence-corrected chi connectivity index (χ4v) is 2.01. The molecule has 4 nitrogen and oxygen atoms in total. The van der Waals surface area contributed by atoms with Crippen molar-refractivity contribution in [2.75, 3.05) is 6.54 Å². The molecule has 0 saturated carbocycles. The van der Waals surface area contributed by atoms with E-state index in [0.29, 0.717) is 0 Å². The number of nitrogens with zero attached hydrogens (tertiary/aromatic N) is 2. The van der Waals surface area contributed by atoms with E-state index < -0.39 is 0 Å². The molecule has 0 aliphatic carbocycles. The lowest BCUT2D eigenvalue weighted by Crippen LogP contribution is -2.06. The lowest BCUT2D eigenvalue weighted by Gasteiger charge is -2.04. The molecule has 0 atom stereocenters. The summed E-state index contributed by atoms with van der Waals surface area (Å²) in [4.78, 5) is 3.21. The minimum absolute atomic E-state index is 0.956. The lowest BCUT2D eigenvalue weighted by molar-refractivity contribution is 0.922. The molecule has 80 valence electrons. The van der Waals surface area contributed by atoms with E-state index in [1.165, 1.54) is 5.57 Å². The molecule has 2 N–H and O–H groups in total. The van der Waals surface area contributed by atoms with Gasteiger partial charge < -0.3 is 10.3 Å². The van der Waals surface area contributed by atoms with Crippen LogP contribution in [0.25, 0.3) is 11.3 Å². The van der Waals surface area contributed by atoms with Crippen LogP contribution < -0.4 is 5.32 Å².